The summed E-state index contributed by atoms with van der Waals surface area (Å²) in [6.45, 7) is 4.03. The summed E-state index contributed by atoms with van der Waals surface area (Å²) in [5, 5.41) is 3.22. The number of anilines is 1. The quantitative estimate of drug-likeness (QED) is 0.833. The highest BCUT2D eigenvalue weighted by molar-refractivity contribution is 5.88. The molecule has 2 rings (SSSR count). The number of benzene rings is 1. The summed E-state index contributed by atoms with van der Waals surface area (Å²) in [6.07, 6.45) is 4.45. The van der Waals surface area contributed by atoms with E-state index in [2.05, 4.69) is 12.2 Å². The lowest BCUT2D eigenvalue weighted by molar-refractivity contribution is -0.122. The lowest BCUT2D eigenvalue weighted by Crippen LogP contribution is -2.50. The standard InChI is InChI=1S/C16H23FN2O/c1-11-4-3-6-16(7-5-11,15(18)20)19-14-9-12(2)8-13(17)10-14/h8-11,19H,3-7H2,1-2H3,(H2,18,20). The largest absolute Gasteiger partial charge is 0.371 e. The highest BCUT2D eigenvalue weighted by Gasteiger charge is 2.37. The van der Waals surface area contributed by atoms with Crippen molar-refractivity contribution >= 4 is 11.6 Å². The summed E-state index contributed by atoms with van der Waals surface area (Å²) in [4.78, 5) is 12.0. The third kappa shape index (κ3) is 3.30. The van der Waals surface area contributed by atoms with Crippen LogP contribution in [0, 0.1) is 18.7 Å². The average molecular weight is 278 g/mol. The fraction of sp³-hybridized carbons (Fsp3) is 0.562. The van der Waals surface area contributed by atoms with Gasteiger partial charge in [0.15, 0.2) is 0 Å². The molecule has 20 heavy (non-hydrogen) atoms. The Morgan fingerprint density at radius 1 is 1.35 bits per heavy atom. The van der Waals surface area contributed by atoms with E-state index in [-0.39, 0.29) is 11.7 Å². The molecular weight excluding hydrogens is 255 g/mol. The molecule has 1 aromatic carbocycles. The lowest BCUT2D eigenvalue weighted by atomic mass is 9.88. The molecule has 1 aromatic rings. The number of nitrogens with one attached hydrogen (secondary N) is 1. The second kappa shape index (κ2) is 5.81. The van der Waals surface area contributed by atoms with Gasteiger partial charge in [0.2, 0.25) is 5.91 Å². The van der Waals surface area contributed by atoms with Gasteiger partial charge in [-0.05, 0) is 55.9 Å². The number of rotatable bonds is 3. The van der Waals surface area contributed by atoms with Gasteiger partial charge in [-0.25, -0.2) is 4.39 Å². The van der Waals surface area contributed by atoms with Crippen LogP contribution in [0.1, 0.15) is 44.6 Å². The minimum atomic E-state index is -0.745. The van der Waals surface area contributed by atoms with Crippen LogP contribution in [-0.2, 0) is 4.79 Å². The lowest BCUT2D eigenvalue weighted by Gasteiger charge is -2.32. The van der Waals surface area contributed by atoms with Gasteiger partial charge in [-0.1, -0.05) is 19.8 Å². The molecule has 1 aliphatic rings. The number of carbonyl (C=O) groups is 1. The molecule has 2 unspecified atom stereocenters. The second-order valence-corrected chi connectivity index (χ2v) is 6.12. The predicted molar refractivity (Wildman–Crippen MR) is 78.9 cm³/mol. The minimum Gasteiger partial charge on any atom is -0.371 e. The Hall–Kier alpha value is -1.58. The van der Waals surface area contributed by atoms with Crippen LogP contribution < -0.4 is 11.1 Å². The van der Waals surface area contributed by atoms with Crippen LogP contribution in [0.4, 0.5) is 10.1 Å². The SMILES string of the molecule is Cc1cc(F)cc(NC2(C(N)=O)CCCC(C)CC2)c1. The number of nitrogens with two attached hydrogens (primary N) is 1. The first-order valence-corrected chi connectivity index (χ1v) is 7.26. The Kier molecular flexibility index (Phi) is 4.31. The maximum Gasteiger partial charge on any atom is 0.243 e. The molecule has 3 nitrogen and oxygen atoms in total. The number of halogens is 1. The highest BCUT2D eigenvalue weighted by Crippen LogP contribution is 2.33. The van der Waals surface area contributed by atoms with Crippen LogP contribution in [0.25, 0.3) is 0 Å². The molecule has 1 saturated carbocycles. The maximum atomic E-state index is 13.5. The third-order valence-corrected chi connectivity index (χ3v) is 4.26. The summed E-state index contributed by atoms with van der Waals surface area (Å²) in [6, 6.07) is 4.74. The Balaban J connectivity index is 2.26. The Morgan fingerprint density at radius 2 is 2.10 bits per heavy atom. The number of aryl methyl sites for hydroxylation is 1. The van der Waals surface area contributed by atoms with E-state index in [9.17, 15) is 9.18 Å². The van der Waals surface area contributed by atoms with Crippen molar-refractivity contribution in [3.63, 3.8) is 0 Å². The van der Waals surface area contributed by atoms with Gasteiger partial charge in [-0.3, -0.25) is 4.79 Å². The number of hydrogen-bond donors (Lipinski definition) is 2. The first-order chi connectivity index (χ1) is 9.41. The molecule has 1 aliphatic carbocycles. The molecule has 4 heteroatoms. The minimum absolute atomic E-state index is 0.297. The van der Waals surface area contributed by atoms with Crippen LogP contribution in [-0.4, -0.2) is 11.4 Å². The molecule has 0 aliphatic heterocycles. The topological polar surface area (TPSA) is 55.1 Å². The van der Waals surface area contributed by atoms with Crippen molar-refractivity contribution in [1.29, 1.82) is 0 Å². The van der Waals surface area contributed by atoms with Crippen molar-refractivity contribution in [1.82, 2.24) is 0 Å². The average Bonchev–Trinajstić information content (AvgIpc) is 2.51. The summed E-state index contributed by atoms with van der Waals surface area (Å²) >= 11 is 0. The van der Waals surface area contributed by atoms with Crippen molar-refractivity contribution in [2.75, 3.05) is 5.32 Å². The van der Waals surface area contributed by atoms with E-state index in [0.717, 1.165) is 24.8 Å². The number of amides is 1. The van der Waals surface area contributed by atoms with Crippen LogP contribution in [0.5, 0.6) is 0 Å². The molecule has 0 bridgehead atoms. The van der Waals surface area contributed by atoms with Gasteiger partial charge < -0.3 is 11.1 Å². The zero-order valence-corrected chi connectivity index (χ0v) is 12.2. The Morgan fingerprint density at radius 3 is 2.75 bits per heavy atom. The van der Waals surface area contributed by atoms with Gasteiger partial charge in [0.25, 0.3) is 0 Å². The molecule has 0 saturated heterocycles. The van der Waals surface area contributed by atoms with Crippen molar-refractivity contribution in [3.05, 3.63) is 29.6 Å². The monoisotopic (exact) mass is 278 g/mol. The number of carbonyl (C=O) groups excluding carboxylic acids is 1. The first kappa shape index (κ1) is 14.8. The van der Waals surface area contributed by atoms with Crippen LogP contribution in [0.15, 0.2) is 18.2 Å². The van der Waals surface area contributed by atoms with E-state index in [0.29, 0.717) is 24.4 Å². The van der Waals surface area contributed by atoms with Crippen molar-refractivity contribution in [3.8, 4) is 0 Å². The van der Waals surface area contributed by atoms with Gasteiger partial charge in [0.05, 0.1) is 0 Å². The summed E-state index contributed by atoms with van der Waals surface area (Å²) in [5.41, 5.74) is 6.36. The normalized spacial score (nSPS) is 26.9. The smallest absolute Gasteiger partial charge is 0.243 e. The van der Waals surface area contributed by atoms with E-state index < -0.39 is 5.54 Å². The molecule has 0 spiro atoms. The number of hydrogen-bond acceptors (Lipinski definition) is 2. The first-order valence-electron chi connectivity index (χ1n) is 7.26. The van der Waals surface area contributed by atoms with E-state index in [4.69, 9.17) is 5.73 Å². The maximum absolute atomic E-state index is 13.5. The molecule has 3 N–H and O–H groups in total. The van der Waals surface area contributed by atoms with Crippen molar-refractivity contribution < 1.29 is 9.18 Å². The molecule has 1 amide bonds. The van der Waals surface area contributed by atoms with Crippen LogP contribution in [0.2, 0.25) is 0 Å². The zero-order valence-electron chi connectivity index (χ0n) is 12.2. The molecule has 0 aromatic heterocycles. The summed E-state index contributed by atoms with van der Waals surface area (Å²) in [7, 11) is 0. The van der Waals surface area contributed by atoms with E-state index >= 15 is 0 Å². The van der Waals surface area contributed by atoms with Crippen molar-refractivity contribution in [2.45, 2.75) is 51.5 Å². The van der Waals surface area contributed by atoms with Gasteiger partial charge in [-0.15, -0.1) is 0 Å². The Labute approximate surface area is 119 Å². The summed E-state index contributed by atoms with van der Waals surface area (Å²) in [5.74, 6) is -0.0325. The van der Waals surface area contributed by atoms with Crippen LogP contribution in [0.3, 0.4) is 0 Å². The van der Waals surface area contributed by atoms with Crippen LogP contribution >= 0.6 is 0 Å². The van der Waals surface area contributed by atoms with Gasteiger partial charge in [0.1, 0.15) is 11.4 Å². The Bertz CT molecular complexity index is 483. The van der Waals surface area contributed by atoms with E-state index in [1.807, 2.05) is 13.0 Å². The third-order valence-electron chi connectivity index (χ3n) is 4.26. The van der Waals surface area contributed by atoms with Gasteiger partial charge in [0, 0.05) is 5.69 Å². The molecular formula is C16H23FN2O. The van der Waals surface area contributed by atoms with Gasteiger partial charge in [-0.2, -0.15) is 0 Å². The van der Waals surface area contributed by atoms with E-state index in [1.165, 1.54) is 12.1 Å². The second-order valence-electron chi connectivity index (χ2n) is 6.12. The zero-order chi connectivity index (χ0) is 14.8. The molecule has 110 valence electrons. The molecule has 2 atom stereocenters. The molecule has 1 fully saturated rings. The summed E-state index contributed by atoms with van der Waals surface area (Å²) < 4.78 is 13.5. The molecule has 0 heterocycles. The fourth-order valence-electron chi connectivity index (χ4n) is 3.03. The van der Waals surface area contributed by atoms with Crippen molar-refractivity contribution in [2.24, 2.45) is 11.7 Å². The fourth-order valence-corrected chi connectivity index (χ4v) is 3.03. The highest BCUT2D eigenvalue weighted by atomic mass is 19.1. The predicted octanol–water partition coefficient (Wildman–Crippen LogP) is 3.37. The van der Waals surface area contributed by atoms with E-state index in [1.54, 1.807) is 0 Å². The molecule has 0 radical (unpaired) electrons. The van der Waals surface area contributed by atoms with Gasteiger partial charge >= 0.3 is 0 Å². The number of primary amides is 1.